The Balaban J connectivity index is 2.58. The van der Waals surface area contributed by atoms with Crippen molar-refractivity contribution in [1.82, 2.24) is 4.98 Å². The third-order valence-electron chi connectivity index (χ3n) is 2.33. The number of aryl methyl sites for hydroxylation is 1. The van der Waals surface area contributed by atoms with Crippen LogP contribution in [0.3, 0.4) is 0 Å². The first kappa shape index (κ1) is 9.17. The molecule has 0 aliphatic carbocycles. The molecule has 1 atom stereocenters. The highest BCUT2D eigenvalue weighted by atomic mass is 15.0. The molecule has 68 valence electrons. The summed E-state index contributed by atoms with van der Waals surface area (Å²) in [6.45, 7) is 8.74. The van der Waals surface area contributed by atoms with Crippen LogP contribution in [0.1, 0.15) is 26.3 Å². The quantitative estimate of drug-likeness (QED) is 0.710. The van der Waals surface area contributed by atoms with E-state index in [2.05, 4.69) is 44.1 Å². The minimum Gasteiger partial charge on any atom is -0.369 e. The molecule has 1 aromatic heterocycles. The van der Waals surface area contributed by atoms with Crippen LogP contribution in [0.15, 0.2) is 12.3 Å². The highest BCUT2D eigenvalue weighted by Crippen LogP contribution is 2.14. The molecule has 0 amide bonds. The predicted molar refractivity (Wildman–Crippen MR) is 53.5 cm³/mol. The van der Waals surface area contributed by atoms with E-state index in [0.29, 0.717) is 12.0 Å². The molecule has 0 saturated carbocycles. The number of nitrogens with one attached hydrogen (secondary N) is 2. The van der Waals surface area contributed by atoms with Gasteiger partial charge in [-0.25, -0.2) is 0 Å². The molecule has 12 heavy (non-hydrogen) atoms. The van der Waals surface area contributed by atoms with Gasteiger partial charge in [0.05, 0.1) is 0 Å². The number of aromatic amines is 1. The van der Waals surface area contributed by atoms with E-state index in [0.717, 1.165) is 5.82 Å². The maximum absolute atomic E-state index is 3.43. The molecule has 0 spiro atoms. The lowest BCUT2D eigenvalue weighted by Gasteiger charge is -2.18. The average molecular weight is 166 g/mol. The van der Waals surface area contributed by atoms with Crippen molar-refractivity contribution in [2.24, 2.45) is 5.92 Å². The average Bonchev–Trinajstić information content (AvgIpc) is 2.36. The van der Waals surface area contributed by atoms with Crippen molar-refractivity contribution in [2.45, 2.75) is 33.7 Å². The first-order valence-corrected chi connectivity index (χ1v) is 4.51. The van der Waals surface area contributed by atoms with Crippen LogP contribution in [0.2, 0.25) is 0 Å². The standard InChI is InChI=1S/C10H18N2/c1-7(2)9(4)12-10-8(3)5-6-11-10/h5-7,9,11-12H,1-4H3. The second-order valence-electron chi connectivity index (χ2n) is 3.71. The largest absolute Gasteiger partial charge is 0.369 e. The Hall–Kier alpha value is -0.920. The highest BCUT2D eigenvalue weighted by molar-refractivity contribution is 5.44. The van der Waals surface area contributed by atoms with Crippen molar-refractivity contribution in [3.05, 3.63) is 17.8 Å². The molecule has 0 fully saturated rings. The molecule has 0 saturated heterocycles. The summed E-state index contributed by atoms with van der Waals surface area (Å²) >= 11 is 0. The van der Waals surface area contributed by atoms with Gasteiger partial charge in [0.1, 0.15) is 5.82 Å². The van der Waals surface area contributed by atoms with Gasteiger partial charge in [-0.1, -0.05) is 13.8 Å². The van der Waals surface area contributed by atoms with Crippen molar-refractivity contribution in [3.8, 4) is 0 Å². The maximum atomic E-state index is 3.43. The van der Waals surface area contributed by atoms with Crippen molar-refractivity contribution < 1.29 is 0 Å². The van der Waals surface area contributed by atoms with Crippen molar-refractivity contribution in [2.75, 3.05) is 5.32 Å². The maximum Gasteiger partial charge on any atom is 0.106 e. The summed E-state index contributed by atoms with van der Waals surface area (Å²) in [5.41, 5.74) is 1.28. The number of aromatic nitrogens is 1. The van der Waals surface area contributed by atoms with E-state index in [4.69, 9.17) is 0 Å². The number of hydrogen-bond acceptors (Lipinski definition) is 1. The summed E-state index contributed by atoms with van der Waals surface area (Å²) in [7, 11) is 0. The number of hydrogen-bond donors (Lipinski definition) is 2. The van der Waals surface area contributed by atoms with E-state index in [1.165, 1.54) is 5.56 Å². The van der Waals surface area contributed by atoms with Gasteiger partial charge in [0.25, 0.3) is 0 Å². The Morgan fingerprint density at radius 1 is 1.33 bits per heavy atom. The molecular weight excluding hydrogens is 148 g/mol. The number of rotatable bonds is 3. The zero-order valence-electron chi connectivity index (χ0n) is 8.31. The highest BCUT2D eigenvalue weighted by Gasteiger charge is 2.07. The van der Waals surface area contributed by atoms with Gasteiger partial charge in [0, 0.05) is 12.2 Å². The third kappa shape index (κ3) is 2.03. The summed E-state index contributed by atoms with van der Waals surface area (Å²) < 4.78 is 0. The summed E-state index contributed by atoms with van der Waals surface area (Å²) in [6, 6.07) is 2.59. The second-order valence-corrected chi connectivity index (χ2v) is 3.71. The zero-order valence-corrected chi connectivity index (χ0v) is 8.31. The number of H-pyrrole nitrogens is 1. The Bertz CT molecular complexity index is 238. The van der Waals surface area contributed by atoms with Gasteiger partial charge >= 0.3 is 0 Å². The monoisotopic (exact) mass is 166 g/mol. The van der Waals surface area contributed by atoms with Crippen LogP contribution >= 0.6 is 0 Å². The predicted octanol–water partition coefficient (Wildman–Crippen LogP) is 2.78. The molecule has 0 radical (unpaired) electrons. The van der Waals surface area contributed by atoms with Gasteiger partial charge in [-0.3, -0.25) is 0 Å². The van der Waals surface area contributed by atoms with Crippen molar-refractivity contribution in [1.29, 1.82) is 0 Å². The minimum absolute atomic E-state index is 0.516. The van der Waals surface area contributed by atoms with E-state index >= 15 is 0 Å². The van der Waals surface area contributed by atoms with Gasteiger partial charge in [-0.05, 0) is 31.4 Å². The molecule has 0 aliphatic heterocycles. The van der Waals surface area contributed by atoms with Crippen LogP contribution < -0.4 is 5.32 Å². The molecular formula is C10H18N2. The molecule has 2 nitrogen and oxygen atoms in total. The van der Waals surface area contributed by atoms with Gasteiger partial charge in [0.15, 0.2) is 0 Å². The summed E-state index contributed by atoms with van der Waals surface area (Å²) in [4.78, 5) is 3.18. The molecule has 1 unspecified atom stereocenters. The van der Waals surface area contributed by atoms with Crippen LogP contribution in [0.4, 0.5) is 5.82 Å². The first-order chi connectivity index (χ1) is 5.61. The van der Waals surface area contributed by atoms with E-state index < -0.39 is 0 Å². The molecule has 1 rings (SSSR count). The topological polar surface area (TPSA) is 27.8 Å². The van der Waals surface area contributed by atoms with Crippen LogP contribution in [0, 0.1) is 12.8 Å². The Kier molecular flexibility index (Phi) is 2.79. The zero-order chi connectivity index (χ0) is 9.14. The van der Waals surface area contributed by atoms with Gasteiger partial charge in [0.2, 0.25) is 0 Å². The number of anilines is 1. The van der Waals surface area contributed by atoms with Gasteiger partial charge < -0.3 is 10.3 Å². The van der Waals surface area contributed by atoms with Gasteiger partial charge in [-0.15, -0.1) is 0 Å². The fourth-order valence-electron chi connectivity index (χ4n) is 0.997. The molecule has 0 aromatic carbocycles. The van der Waals surface area contributed by atoms with Crippen molar-refractivity contribution >= 4 is 5.82 Å². The second kappa shape index (κ2) is 3.65. The molecule has 1 heterocycles. The fourth-order valence-corrected chi connectivity index (χ4v) is 0.997. The SMILES string of the molecule is Cc1cc[nH]c1NC(C)C(C)C. The molecule has 1 aromatic rings. The summed E-state index contributed by atoms with van der Waals surface area (Å²) in [5.74, 6) is 1.81. The van der Waals surface area contributed by atoms with Crippen LogP contribution in [0.5, 0.6) is 0 Å². The summed E-state index contributed by atoms with van der Waals surface area (Å²) in [5, 5.41) is 3.43. The molecule has 0 bridgehead atoms. The summed E-state index contributed by atoms with van der Waals surface area (Å²) in [6.07, 6.45) is 1.96. The van der Waals surface area contributed by atoms with Crippen LogP contribution in [-0.4, -0.2) is 11.0 Å². The van der Waals surface area contributed by atoms with Gasteiger partial charge in [-0.2, -0.15) is 0 Å². The normalized spacial score (nSPS) is 13.4. The third-order valence-corrected chi connectivity index (χ3v) is 2.33. The lowest BCUT2D eigenvalue weighted by Crippen LogP contribution is -2.21. The van der Waals surface area contributed by atoms with E-state index in [1.807, 2.05) is 6.20 Å². The van der Waals surface area contributed by atoms with Crippen LogP contribution in [0.25, 0.3) is 0 Å². The molecule has 2 heteroatoms. The van der Waals surface area contributed by atoms with Crippen molar-refractivity contribution in [3.63, 3.8) is 0 Å². The first-order valence-electron chi connectivity index (χ1n) is 4.51. The Morgan fingerprint density at radius 3 is 2.42 bits per heavy atom. The lowest BCUT2D eigenvalue weighted by atomic mass is 10.1. The van der Waals surface area contributed by atoms with E-state index in [1.54, 1.807) is 0 Å². The minimum atomic E-state index is 0.516. The lowest BCUT2D eigenvalue weighted by molar-refractivity contribution is 0.558. The van der Waals surface area contributed by atoms with Crippen LogP contribution in [-0.2, 0) is 0 Å². The Labute approximate surface area is 74.4 Å². The molecule has 0 aliphatic rings. The molecule has 2 N–H and O–H groups in total. The fraction of sp³-hybridized carbons (Fsp3) is 0.600. The van der Waals surface area contributed by atoms with E-state index in [-0.39, 0.29) is 0 Å². The Morgan fingerprint density at radius 2 is 2.00 bits per heavy atom. The van der Waals surface area contributed by atoms with E-state index in [9.17, 15) is 0 Å². The smallest absolute Gasteiger partial charge is 0.106 e.